The van der Waals surface area contributed by atoms with Crippen molar-refractivity contribution < 1.29 is 19.1 Å². The number of ether oxygens (including phenoxy) is 2. The van der Waals surface area contributed by atoms with Crippen molar-refractivity contribution in [2.75, 3.05) is 7.11 Å². The maximum Gasteiger partial charge on any atom is 0.337 e. The summed E-state index contributed by atoms with van der Waals surface area (Å²) in [5.41, 5.74) is 1.76. The van der Waals surface area contributed by atoms with Gasteiger partial charge in [0, 0.05) is 10.7 Å². The standard InChI is InChI=1S/C21H21ClN2O4/c1-3-4-17-18(20(25)27-2)19(24-21(26)23-17)13-5-9-15(10-6-13)28-16-11-7-14(22)8-12-16/h5-12,19H,3-4H2,1-2H3,(H2,23,24,26). The van der Waals surface area contributed by atoms with E-state index in [-0.39, 0.29) is 6.03 Å². The molecule has 0 aliphatic carbocycles. The summed E-state index contributed by atoms with van der Waals surface area (Å²) in [4.78, 5) is 24.5. The van der Waals surface area contributed by atoms with E-state index in [1.165, 1.54) is 7.11 Å². The third kappa shape index (κ3) is 4.46. The highest BCUT2D eigenvalue weighted by atomic mass is 35.5. The number of nitrogens with one attached hydrogen (secondary N) is 2. The van der Waals surface area contributed by atoms with Crippen LogP contribution in [0.15, 0.2) is 59.8 Å². The summed E-state index contributed by atoms with van der Waals surface area (Å²) in [6.07, 6.45) is 1.36. The second-order valence-electron chi connectivity index (χ2n) is 6.29. The zero-order valence-electron chi connectivity index (χ0n) is 15.6. The molecular weight excluding hydrogens is 380 g/mol. The Bertz CT molecular complexity index is 892. The topological polar surface area (TPSA) is 76.7 Å². The number of carbonyl (C=O) groups is 2. The van der Waals surface area contributed by atoms with Crippen LogP contribution in [-0.4, -0.2) is 19.1 Å². The van der Waals surface area contributed by atoms with Crippen LogP contribution in [0.5, 0.6) is 11.5 Å². The van der Waals surface area contributed by atoms with Crippen LogP contribution in [0.3, 0.4) is 0 Å². The van der Waals surface area contributed by atoms with Crippen molar-refractivity contribution in [3.05, 3.63) is 70.4 Å². The number of allylic oxidation sites excluding steroid dienone is 1. The van der Waals surface area contributed by atoms with Gasteiger partial charge < -0.3 is 20.1 Å². The predicted molar refractivity (Wildman–Crippen MR) is 106 cm³/mol. The fourth-order valence-electron chi connectivity index (χ4n) is 3.03. The van der Waals surface area contributed by atoms with Crippen molar-refractivity contribution in [2.45, 2.75) is 25.8 Å². The monoisotopic (exact) mass is 400 g/mol. The van der Waals surface area contributed by atoms with Gasteiger partial charge in [-0.1, -0.05) is 37.1 Å². The molecule has 0 saturated heterocycles. The van der Waals surface area contributed by atoms with E-state index in [0.717, 1.165) is 12.0 Å². The van der Waals surface area contributed by atoms with Crippen LogP contribution in [-0.2, 0) is 9.53 Å². The van der Waals surface area contributed by atoms with Crippen LogP contribution in [0.25, 0.3) is 0 Å². The molecule has 0 bridgehead atoms. The van der Waals surface area contributed by atoms with Crippen LogP contribution in [0.4, 0.5) is 4.79 Å². The fourth-order valence-corrected chi connectivity index (χ4v) is 3.16. The molecule has 6 nitrogen and oxygen atoms in total. The first-order valence-corrected chi connectivity index (χ1v) is 9.32. The molecule has 0 radical (unpaired) electrons. The molecule has 2 aromatic carbocycles. The summed E-state index contributed by atoms with van der Waals surface area (Å²) in [6, 6.07) is 13.3. The average Bonchev–Trinajstić information content (AvgIpc) is 2.69. The lowest BCUT2D eigenvalue weighted by Gasteiger charge is -2.29. The lowest BCUT2D eigenvalue weighted by atomic mass is 9.94. The van der Waals surface area contributed by atoms with Gasteiger partial charge in [-0.05, 0) is 48.4 Å². The smallest absolute Gasteiger partial charge is 0.337 e. The first kappa shape index (κ1) is 19.8. The molecule has 2 N–H and O–H groups in total. The minimum atomic E-state index is -0.590. The Labute approximate surface area is 168 Å². The van der Waals surface area contributed by atoms with Crippen LogP contribution >= 0.6 is 11.6 Å². The maximum absolute atomic E-state index is 12.4. The highest BCUT2D eigenvalue weighted by Crippen LogP contribution is 2.31. The first-order chi connectivity index (χ1) is 13.5. The van der Waals surface area contributed by atoms with Gasteiger partial charge in [-0.15, -0.1) is 0 Å². The van der Waals surface area contributed by atoms with E-state index >= 15 is 0 Å². The molecule has 2 aromatic rings. The Morgan fingerprint density at radius 2 is 1.68 bits per heavy atom. The highest BCUT2D eigenvalue weighted by Gasteiger charge is 2.33. The first-order valence-electron chi connectivity index (χ1n) is 8.94. The summed E-state index contributed by atoms with van der Waals surface area (Å²) in [5.74, 6) is 0.818. The lowest BCUT2D eigenvalue weighted by molar-refractivity contribution is -0.136. The molecule has 0 aromatic heterocycles. The number of benzene rings is 2. The third-order valence-electron chi connectivity index (χ3n) is 4.32. The molecule has 1 aliphatic rings. The number of halogens is 1. The number of esters is 1. The molecule has 0 saturated carbocycles. The Morgan fingerprint density at radius 3 is 2.25 bits per heavy atom. The second-order valence-corrected chi connectivity index (χ2v) is 6.73. The molecule has 0 spiro atoms. The van der Waals surface area contributed by atoms with E-state index in [4.69, 9.17) is 21.1 Å². The van der Waals surface area contributed by atoms with E-state index in [1.54, 1.807) is 36.4 Å². The van der Waals surface area contributed by atoms with Crippen LogP contribution < -0.4 is 15.4 Å². The van der Waals surface area contributed by atoms with Crippen molar-refractivity contribution in [2.24, 2.45) is 0 Å². The Morgan fingerprint density at radius 1 is 1.07 bits per heavy atom. The number of rotatable bonds is 6. The minimum Gasteiger partial charge on any atom is -0.466 e. The molecule has 3 rings (SSSR count). The Balaban J connectivity index is 1.87. The third-order valence-corrected chi connectivity index (χ3v) is 4.57. The largest absolute Gasteiger partial charge is 0.466 e. The van der Waals surface area contributed by atoms with Crippen molar-refractivity contribution in [1.82, 2.24) is 10.6 Å². The summed E-state index contributed by atoms with van der Waals surface area (Å²) in [5, 5.41) is 6.16. The van der Waals surface area contributed by atoms with Gasteiger partial charge in [0.05, 0.1) is 18.7 Å². The average molecular weight is 401 g/mol. The fraction of sp³-hybridized carbons (Fsp3) is 0.238. The maximum atomic E-state index is 12.4. The molecule has 2 amide bonds. The predicted octanol–water partition coefficient (Wildman–Crippen LogP) is 4.71. The molecule has 0 fully saturated rings. The van der Waals surface area contributed by atoms with Crippen molar-refractivity contribution >= 4 is 23.6 Å². The van der Waals surface area contributed by atoms with Gasteiger partial charge in [-0.3, -0.25) is 0 Å². The molecule has 1 unspecified atom stereocenters. The Hall–Kier alpha value is -2.99. The van der Waals surface area contributed by atoms with E-state index in [0.29, 0.717) is 34.2 Å². The van der Waals surface area contributed by atoms with Crippen molar-refractivity contribution in [3.63, 3.8) is 0 Å². The van der Waals surface area contributed by atoms with Gasteiger partial charge in [0.1, 0.15) is 11.5 Å². The molecule has 1 heterocycles. The quantitative estimate of drug-likeness (QED) is 0.688. The van der Waals surface area contributed by atoms with Crippen LogP contribution in [0.1, 0.15) is 31.4 Å². The van der Waals surface area contributed by atoms with Crippen molar-refractivity contribution in [3.8, 4) is 11.5 Å². The minimum absolute atomic E-state index is 0.345. The van der Waals surface area contributed by atoms with E-state index in [2.05, 4.69) is 10.6 Å². The number of hydrogen-bond acceptors (Lipinski definition) is 4. The Kier molecular flexibility index (Phi) is 6.21. The SMILES string of the molecule is CCCC1=C(C(=O)OC)C(c2ccc(Oc3ccc(Cl)cc3)cc2)NC(=O)N1. The van der Waals surface area contributed by atoms with Gasteiger partial charge in [-0.25, -0.2) is 9.59 Å². The number of urea groups is 1. The van der Waals surface area contributed by atoms with Gasteiger partial charge >= 0.3 is 12.0 Å². The van der Waals surface area contributed by atoms with E-state index in [9.17, 15) is 9.59 Å². The molecule has 28 heavy (non-hydrogen) atoms. The van der Waals surface area contributed by atoms with Gasteiger partial charge in [0.25, 0.3) is 0 Å². The number of methoxy groups -OCH3 is 1. The number of carbonyl (C=O) groups excluding carboxylic acids is 2. The molecule has 7 heteroatoms. The van der Waals surface area contributed by atoms with Crippen molar-refractivity contribution in [1.29, 1.82) is 0 Å². The molecular formula is C21H21ClN2O4. The molecule has 146 valence electrons. The lowest BCUT2D eigenvalue weighted by Crippen LogP contribution is -2.45. The summed E-state index contributed by atoms with van der Waals surface area (Å²) in [7, 11) is 1.33. The van der Waals surface area contributed by atoms with E-state index in [1.807, 2.05) is 19.1 Å². The van der Waals surface area contributed by atoms with Gasteiger partial charge in [0.2, 0.25) is 0 Å². The van der Waals surface area contributed by atoms with Gasteiger partial charge in [0.15, 0.2) is 0 Å². The highest BCUT2D eigenvalue weighted by molar-refractivity contribution is 6.30. The summed E-state index contributed by atoms with van der Waals surface area (Å²) in [6.45, 7) is 1.98. The zero-order chi connectivity index (χ0) is 20.1. The molecule has 1 aliphatic heterocycles. The van der Waals surface area contributed by atoms with Gasteiger partial charge in [-0.2, -0.15) is 0 Å². The van der Waals surface area contributed by atoms with E-state index < -0.39 is 12.0 Å². The summed E-state index contributed by atoms with van der Waals surface area (Å²) >= 11 is 5.88. The molecule has 1 atom stereocenters. The summed E-state index contributed by atoms with van der Waals surface area (Å²) < 4.78 is 10.7. The number of amides is 2. The van der Waals surface area contributed by atoms with Crippen LogP contribution in [0, 0.1) is 0 Å². The normalized spacial score (nSPS) is 16.2. The zero-order valence-corrected chi connectivity index (χ0v) is 16.4. The number of hydrogen-bond donors (Lipinski definition) is 2. The van der Waals surface area contributed by atoms with Crippen LogP contribution in [0.2, 0.25) is 5.02 Å². The second kappa shape index (κ2) is 8.80.